The molecule has 1 rings (SSSR count). The van der Waals surface area contributed by atoms with E-state index in [0.717, 1.165) is 0 Å². The molecule has 1 heterocycles. The van der Waals surface area contributed by atoms with Crippen LogP contribution in [0.4, 0.5) is 4.79 Å². The van der Waals surface area contributed by atoms with Gasteiger partial charge in [0.15, 0.2) is 0 Å². The molecule has 1 atom stereocenters. The summed E-state index contributed by atoms with van der Waals surface area (Å²) >= 11 is 0. The molecule has 1 amide bonds. The first-order valence-electron chi connectivity index (χ1n) is 6.76. The Bertz CT molecular complexity index is 372. The van der Waals surface area contributed by atoms with E-state index in [-0.39, 0.29) is 6.04 Å². The lowest BCUT2D eigenvalue weighted by atomic mass is 10.2. The van der Waals surface area contributed by atoms with Gasteiger partial charge in [-0.15, -0.1) is 0 Å². The Labute approximate surface area is 119 Å². The van der Waals surface area contributed by atoms with Crippen LogP contribution in [0.3, 0.4) is 0 Å². The summed E-state index contributed by atoms with van der Waals surface area (Å²) in [6.07, 6.45) is 2.53. The molecule has 1 aliphatic heterocycles. The largest absolute Gasteiger partial charge is 0.463 e. The van der Waals surface area contributed by atoms with Gasteiger partial charge in [0.25, 0.3) is 0 Å². The molecule has 0 bridgehead atoms. The Morgan fingerprint density at radius 3 is 2.70 bits per heavy atom. The van der Waals surface area contributed by atoms with E-state index in [1.807, 2.05) is 20.8 Å². The monoisotopic (exact) mass is 285 g/mol. The Kier molecular flexibility index (Phi) is 6.01. The number of nitrogens with zero attached hydrogens (tertiary/aromatic N) is 1. The Morgan fingerprint density at radius 1 is 1.40 bits per heavy atom. The minimum atomic E-state index is -0.551. The van der Waals surface area contributed by atoms with Gasteiger partial charge in [-0.3, -0.25) is 4.90 Å². The smallest absolute Gasteiger partial charge is 0.410 e. The van der Waals surface area contributed by atoms with E-state index in [4.69, 9.17) is 14.2 Å². The number of amides is 1. The zero-order chi connectivity index (χ0) is 15.2. The van der Waals surface area contributed by atoms with Crippen molar-refractivity contribution in [3.8, 4) is 0 Å². The van der Waals surface area contributed by atoms with E-state index in [1.54, 1.807) is 17.9 Å². The second-order valence-corrected chi connectivity index (χ2v) is 5.43. The zero-order valence-corrected chi connectivity index (χ0v) is 12.5. The third kappa shape index (κ3) is 5.61. The maximum absolute atomic E-state index is 12.1. The van der Waals surface area contributed by atoms with E-state index >= 15 is 0 Å². The molecule has 114 valence electrons. The topological polar surface area (TPSA) is 65.1 Å². The number of hydrogen-bond acceptors (Lipinski definition) is 5. The van der Waals surface area contributed by atoms with Crippen molar-refractivity contribution in [2.24, 2.45) is 0 Å². The quantitative estimate of drug-likeness (QED) is 0.584. The SMILES string of the molecule is CCOC(=O)C=C[C@H]1COCCN1C(=O)OC(C)(C)C. The molecule has 1 aliphatic rings. The highest BCUT2D eigenvalue weighted by Crippen LogP contribution is 2.15. The average Bonchev–Trinajstić information content (AvgIpc) is 2.35. The lowest BCUT2D eigenvalue weighted by Gasteiger charge is -2.35. The van der Waals surface area contributed by atoms with Gasteiger partial charge in [0.1, 0.15) is 5.60 Å². The van der Waals surface area contributed by atoms with E-state index in [0.29, 0.717) is 26.4 Å². The number of carbonyl (C=O) groups excluding carboxylic acids is 2. The molecule has 0 aromatic carbocycles. The standard InChI is InChI=1S/C14H23NO5/c1-5-19-12(16)7-6-11-10-18-9-8-15(11)13(17)20-14(2,3)4/h6-7,11H,5,8-10H2,1-4H3/t11-/m0/s1. The van der Waals surface area contributed by atoms with Gasteiger partial charge >= 0.3 is 12.1 Å². The molecule has 0 unspecified atom stereocenters. The Balaban J connectivity index is 2.67. The van der Waals surface area contributed by atoms with Gasteiger partial charge in [0, 0.05) is 12.6 Å². The van der Waals surface area contributed by atoms with Crippen molar-refractivity contribution < 1.29 is 23.8 Å². The highest BCUT2D eigenvalue weighted by atomic mass is 16.6. The van der Waals surface area contributed by atoms with Crippen molar-refractivity contribution in [3.63, 3.8) is 0 Å². The van der Waals surface area contributed by atoms with Crippen molar-refractivity contribution in [1.29, 1.82) is 0 Å². The van der Waals surface area contributed by atoms with E-state index in [9.17, 15) is 9.59 Å². The molecule has 0 N–H and O–H groups in total. The van der Waals surface area contributed by atoms with Crippen LogP contribution in [0.15, 0.2) is 12.2 Å². The highest BCUT2D eigenvalue weighted by molar-refractivity contribution is 5.82. The van der Waals surface area contributed by atoms with Crippen LogP contribution in [0.1, 0.15) is 27.7 Å². The van der Waals surface area contributed by atoms with Crippen molar-refractivity contribution in [1.82, 2.24) is 4.90 Å². The molecule has 6 heteroatoms. The fraction of sp³-hybridized carbons (Fsp3) is 0.714. The first kappa shape index (κ1) is 16.5. The highest BCUT2D eigenvalue weighted by Gasteiger charge is 2.29. The Hall–Kier alpha value is -1.56. The minimum absolute atomic E-state index is 0.317. The summed E-state index contributed by atoms with van der Waals surface area (Å²) in [5.74, 6) is -0.429. The molecule has 0 aromatic rings. The lowest BCUT2D eigenvalue weighted by molar-refractivity contribution is -0.137. The summed E-state index contributed by atoms with van der Waals surface area (Å²) in [4.78, 5) is 25.0. The number of carbonyl (C=O) groups is 2. The van der Waals surface area contributed by atoms with Crippen LogP contribution in [0, 0.1) is 0 Å². The predicted molar refractivity (Wildman–Crippen MR) is 73.3 cm³/mol. The van der Waals surface area contributed by atoms with Crippen LogP contribution in [0.2, 0.25) is 0 Å². The summed E-state index contributed by atoms with van der Waals surface area (Å²) in [5, 5.41) is 0. The molecule has 1 saturated heterocycles. The number of esters is 1. The fourth-order valence-electron chi connectivity index (χ4n) is 1.71. The Morgan fingerprint density at radius 2 is 2.10 bits per heavy atom. The third-order valence-corrected chi connectivity index (χ3v) is 2.53. The molecule has 0 aromatic heterocycles. The predicted octanol–water partition coefficient (Wildman–Crippen LogP) is 1.74. The average molecular weight is 285 g/mol. The first-order valence-corrected chi connectivity index (χ1v) is 6.76. The van der Waals surface area contributed by atoms with Crippen molar-refractivity contribution >= 4 is 12.1 Å². The third-order valence-electron chi connectivity index (χ3n) is 2.53. The normalized spacial score (nSPS) is 20.0. The van der Waals surface area contributed by atoms with Crippen molar-refractivity contribution in [3.05, 3.63) is 12.2 Å². The summed E-state index contributed by atoms with van der Waals surface area (Å²) in [6.45, 7) is 8.74. The molecular weight excluding hydrogens is 262 g/mol. The van der Waals surface area contributed by atoms with E-state index in [1.165, 1.54) is 6.08 Å². The van der Waals surface area contributed by atoms with Crippen molar-refractivity contribution in [2.45, 2.75) is 39.3 Å². The van der Waals surface area contributed by atoms with Crippen LogP contribution in [0.25, 0.3) is 0 Å². The van der Waals surface area contributed by atoms with Crippen molar-refractivity contribution in [2.75, 3.05) is 26.4 Å². The van der Waals surface area contributed by atoms with Gasteiger partial charge in [-0.05, 0) is 27.7 Å². The second-order valence-electron chi connectivity index (χ2n) is 5.43. The molecule has 1 fully saturated rings. The molecule has 6 nitrogen and oxygen atoms in total. The van der Waals surface area contributed by atoms with Gasteiger partial charge in [0.05, 0.1) is 25.9 Å². The summed E-state index contributed by atoms with van der Waals surface area (Å²) in [6, 6.07) is -0.317. The van der Waals surface area contributed by atoms with Gasteiger partial charge < -0.3 is 14.2 Å². The van der Waals surface area contributed by atoms with Gasteiger partial charge in [-0.25, -0.2) is 9.59 Å². The summed E-state index contributed by atoms with van der Waals surface area (Å²) < 4.78 is 15.5. The number of hydrogen-bond donors (Lipinski definition) is 0. The molecule has 0 spiro atoms. The molecule has 20 heavy (non-hydrogen) atoms. The van der Waals surface area contributed by atoms with Crippen LogP contribution in [-0.2, 0) is 19.0 Å². The van der Waals surface area contributed by atoms with Crippen LogP contribution in [-0.4, -0.2) is 55.0 Å². The first-order chi connectivity index (χ1) is 9.33. The number of rotatable bonds is 3. The lowest BCUT2D eigenvalue weighted by Crippen LogP contribution is -2.49. The summed E-state index contributed by atoms with van der Waals surface area (Å²) in [5.41, 5.74) is -0.551. The number of ether oxygens (including phenoxy) is 3. The molecular formula is C14H23NO5. The minimum Gasteiger partial charge on any atom is -0.463 e. The molecule has 0 saturated carbocycles. The number of morpholine rings is 1. The van der Waals surface area contributed by atoms with Gasteiger partial charge in [-0.1, -0.05) is 6.08 Å². The van der Waals surface area contributed by atoms with E-state index in [2.05, 4.69) is 0 Å². The molecule has 0 radical (unpaired) electrons. The molecule has 0 aliphatic carbocycles. The maximum atomic E-state index is 12.1. The second kappa shape index (κ2) is 7.28. The maximum Gasteiger partial charge on any atom is 0.410 e. The van der Waals surface area contributed by atoms with Crippen LogP contribution < -0.4 is 0 Å². The van der Waals surface area contributed by atoms with Crippen LogP contribution >= 0.6 is 0 Å². The zero-order valence-electron chi connectivity index (χ0n) is 12.5. The van der Waals surface area contributed by atoms with E-state index < -0.39 is 17.7 Å². The van der Waals surface area contributed by atoms with Crippen LogP contribution in [0.5, 0.6) is 0 Å². The van der Waals surface area contributed by atoms with Gasteiger partial charge in [-0.2, -0.15) is 0 Å². The van der Waals surface area contributed by atoms with Gasteiger partial charge in [0.2, 0.25) is 0 Å². The fourth-order valence-corrected chi connectivity index (χ4v) is 1.71. The summed E-state index contributed by atoms with van der Waals surface area (Å²) in [7, 11) is 0.